The molecule has 0 aliphatic carbocycles. The quantitative estimate of drug-likeness (QED) is 0.535. The topological polar surface area (TPSA) is 93.2 Å². The second kappa shape index (κ2) is 9.03. The number of aryl methyl sites for hydroxylation is 1. The Morgan fingerprint density at radius 2 is 1.73 bits per heavy atom. The fraction of sp³-hybridized carbons (Fsp3) is 0.190. The summed E-state index contributed by atoms with van der Waals surface area (Å²) in [6.45, 7) is 1.09. The van der Waals surface area contributed by atoms with Gasteiger partial charge in [-0.3, -0.25) is 4.98 Å². The van der Waals surface area contributed by atoms with Crippen molar-refractivity contribution in [3.05, 3.63) is 95.6 Å². The van der Waals surface area contributed by atoms with Crippen molar-refractivity contribution in [2.75, 3.05) is 6.54 Å². The number of nitrogens with zero attached hydrogens (tertiary/aromatic N) is 1. The van der Waals surface area contributed by atoms with E-state index in [9.17, 15) is 21.2 Å². The molecule has 1 aromatic heterocycles. The van der Waals surface area contributed by atoms with Gasteiger partial charge in [0.1, 0.15) is 11.1 Å². The summed E-state index contributed by atoms with van der Waals surface area (Å²) in [6, 6.07) is 15.2. The van der Waals surface area contributed by atoms with Crippen molar-refractivity contribution in [3.8, 4) is 0 Å². The van der Waals surface area contributed by atoms with Crippen LogP contribution in [0, 0.1) is 12.7 Å². The number of benzene rings is 2. The number of pyridine rings is 1. The molecule has 0 unspecified atom stereocenters. The maximum absolute atomic E-state index is 13.6. The smallest absolute Gasteiger partial charge is 0.215 e. The molecule has 3 rings (SSSR count). The van der Waals surface area contributed by atoms with E-state index in [1.165, 1.54) is 31.5 Å². The van der Waals surface area contributed by atoms with Gasteiger partial charge in [-0.2, -0.15) is 0 Å². The van der Waals surface area contributed by atoms with E-state index in [2.05, 4.69) is 9.71 Å². The van der Waals surface area contributed by atoms with Crippen molar-refractivity contribution in [1.82, 2.24) is 9.71 Å². The number of rotatable bonds is 8. The summed E-state index contributed by atoms with van der Waals surface area (Å²) < 4.78 is 67.7. The number of aromatic nitrogens is 1. The zero-order valence-electron chi connectivity index (χ0n) is 16.2. The molecule has 30 heavy (non-hydrogen) atoms. The van der Waals surface area contributed by atoms with Gasteiger partial charge in [-0.15, -0.1) is 0 Å². The molecule has 0 fully saturated rings. The predicted molar refractivity (Wildman–Crippen MR) is 112 cm³/mol. The molecule has 9 heteroatoms. The Hall–Kier alpha value is -2.62. The highest BCUT2D eigenvalue weighted by atomic mass is 32.2. The van der Waals surface area contributed by atoms with E-state index in [0.29, 0.717) is 11.1 Å². The molecule has 0 amide bonds. The highest BCUT2D eigenvalue weighted by Crippen LogP contribution is 2.29. The minimum Gasteiger partial charge on any atom is -0.264 e. The zero-order chi connectivity index (χ0) is 21.8. The largest absolute Gasteiger partial charge is 0.264 e. The Labute approximate surface area is 175 Å². The predicted octanol–water partition coefficient (Wildman–Crippen LogP) is 3.16. The molecule has 3 aromatic rings. The number of hydrogen-bond acceptors (Lipinski definition) is 5. The molecular weight excluding hydrogens is 427 g/mol. The summed E-state index contributed by atoms with van der Waals surface area (Å²) in [4.78, 5) is 3.87. The molecule has 158 valence electrons. The Kier molecular flexibility index (Phi) is 6.64. The molecule has 1 atom stereocenters. The fourth-order valence-electron chi connectivity index (χ4n) is 2.98. The van der Waals surface area contributed by atoms with Crippen molar-refractivity contribution < 1.29 is 21.2 Å². The third-order valence-corrected chi connectivity index (χ3v) is 8.00. The van der Waals surface area contributed by atoms with Crippen molar-refractivity contribution >= 4 is 19.9 Å². The molecule has 0 saturated heterocycles. The lowest BCUT2D eigenvalue weighted by atomic mass is 10.2. The van der Waals surface area contributed by atoms with E-state index < -0.39 is 30.9 Å². The molecule has 6 nitrogen and oxygen atoms in total. The second-order valence-corrected chi connectivity index (χ2v) is 10.8. The first-order valence-electron chi connectivity index (χ1n) is 9.10. The van der Waals surface area contributed by atoms with Gasteiger partial charge in [-0.1, -0.05) is 36.4 Å². The van der Waals surface area contributed by atoms with Crippen molar-refractivity contribution in [3.63, 3.8) is 0 Å². The minimum atomic E-state index is -4.02. The third kappa shape index (κ3) is 5.29. The van der Waals surface area contributed by atoms with Crippen molar-refractivity contribution in [2.24, 2.45) is 0 Å². The molecule has 0 bridgehead atoms. The number of halogens is 1. The first-order chi connectivity index (χ1) is 14.2. The van der Waals surface area contributed by atoms with Gasteiger partial charge in [0.15, 0.2) is 9.84 Å². The Morgan fingerprint density at radius 3 is 2.37 bits per heavy atom. The summed E-state index contributed by atoms with van der Waals surface area (Å²) in [5.41, 5.74) is 1.10. The van der Waals surface area contributed by atoms with E-state index in [1.54, 1.807) is 42.5 Å². The van der Waals surface area contributed by atoms with Crippen LogP contribution in [0.2, 0.25) is 0 Å². The Balaban J connectivity index is 1.91. The van der Waals surface area contributed by atoms with E-state index >= 15 is 0 Å². The fourth-order valence-corrected chi connectivity index (χ4v) is 5.97. The maximum atomic E-state index is 13.6. The van der Waals surface area contributed by atoms with E-state index in [4.69, 9.17) is 0 Å². The lowest BCUT2D eigenvalue weighted by Gasteiger charge is -2.19. The summed E-state index contributed by atoms with van der Waals surface area (Å²) >= 11 is 0. The molecule has 2 aromatic carbocycles. The molecule has 0 radical (unpaired) electrons. The highest BCUT2D eigenvalue weighted by molar-refractivity contribution is 7.92. The number of sulfonamides is 1. The van der Waals surface area contributed by atoms with Crippen LogP contribution in [0.5, 0.6) is 0 Å². The zero-order valence-corrected chi connectivity index (χ0v) is 17.8. The van der Waals surface area contributed by atoms with Crippen LogP contribution >= 0.6 is 0 Å². The average Bonchev–Trinajstić information content (AvgIpc) is 2.71. The monoisotopic (exact) mass is 448 g/mol. The summed E-state index contributed by atoms with van der Waals surface area (Å²) in [7, 11) is -7.81. The minimum absolute atomic E-state index is 0.0856. The van der Waals surface area contributed by atoms with Gasteiger partial charge >= 0.3 is 0 Å². The normalized spacial score (nSPS) is 13.1. The summed E-state index contributed by atoms with van der Waals surface area (Å²) in [6.07, 6.45) is 2.87. The maximum Gasteiger partial charge on any atom is 0.215 e. The van der Waals surface area contributed by atoms with E-state index in [1.807, 2.05) is 0 Å². The lowest BCUT2D eigenvalue weighted by molar-refractivity contribution is 0.567. The molecular formula is C21H21FN2O4S2. The number of nitrogens with one attached hydrogen (secondary N) is 1. The average molecular weight is 449 g/mol. The van der Waals surface area contributed by atoms with Gasteiger partial charge in [0, 0.05) is 18.9 Å². The SMILES string of the molecule is Cc1cc(S(=O)(=O)[C@@H](CNS(=O)(=O)Cc2ccccc2)c2cccnc2)ccc1F. The Morgan fingerprint density at radius 1 is 1.00 bits per heavy atom. The van der Waals surface area contributed by atoms with Crippen LogP contribution in [0.4, 0.5) is 4.39 Å². The van der Waals surface area contributed by atoms with Crippen LogP contribution in [0.15, 0.2) is 78.0 Å². The molecule has 1 heterocycles. The standard InChI is InChI=1S/C21H21FN2O4S2/c1-16-12-19(9-10-20(16)22)30(27,28)21(18-8-5-11-23-13-18)14-24-29(25,26)15-17-6-3-2-4-7-17/h2-13,21,24H,14-15H2,1H3/t21-/m0/s1. The molecule has 0 saturated carbocycles. The van der Waals surface area contributed by atoms with E-state index in [0.717, 1.165) is 6.07 Å². The first kappa shape index (κ1) is 22.1. The van der Waals surface area contributed by atoms with Crippen LogP contribution in [0.3, 0.4) is 0 Å². The van der Waals surface area contributed by atoms with Crippen molar-refractivity contribution in [1.29, 1.82) is 0 Å². The summed E-state index contributed by atoms with van der Waals surface area (Å²) in [5, 5.41) is -1.22. The number of hydrogen-bond donors (Lipinski definition) is 1. The lowest BCUT2D eigenvalue weighted by Crippen LogP contribution is -2.32. The molecule has 0 aliphatic heterocycles. The molecule has 1 N–H and O–H groups in total. The molecule has 0 spiro atoms. The van der Waals surface area contributed by atoms with Crippen LogP contribution < -0.4 is 4.72 Å². The Bertz CT molecular complexity index is 1220. The van der Waals surface area contributed by atoms with Gasteiger partial charge in [0.05, 0.1) is 10.6 Å². The van der Waals surface area contributed by atoms with E-state index in [-0.39, 0.29) is 22.8 Å². The third-order valence-electron chi connectivity index (χ3n) is 4.58. The van der Waals surface area contributed by atoms with Crippen LogP contribution in [-0.4, -0.2) is 28.4 Å². The van der Waals surface area contributed by atoms with Crippen molar-refractivity contribution in [2.45, 2.75) is 22.8 Å². The van der Waals surface area contributed by atoms with Gasteiger partial charge in [0.25, 0.3) is 0 Å². The van der Waals surface area contributed by atoms with Crippen LogP contribution in [-0.2, 0) is 25.6 Å². The molecule has 0 aliphatic rings. The van der Waals surface area contributed by atoms with Gasteiger partial charge in [-0.05, 0) is 47.9 Å². The number of sulfone groups is 1. The second-order valence-electron chi connectivity index (χ2n) is 6.82. The van der Waals surface area contributed by atoms with Crippen LogP contribution in [0.25, 0.3) is 0 Å². The summed E-state index contributed by atoms with van der Waals surface area (Å²) in [5.74, 6) is -0.793. The van der Waals surface area contributed by atoms with Crippen LogP contribution in [0.1, 0.15) is 21.9 Å². The van der Waals surface area contributed by atoms with Gasteiger partial charge in [0.2, 0.25) is 10.0 Å². The first-order valence-corrected chi connectivity index (χ1v) is 12.3. The van der Waals surface area contributed by atoms with Gasteiger partial charge in [-0.25, -0.2) is 25.9 Å². The van der Waals surface area contributed by atoms with Gasteiger partial charge < -0.3 is 0 Å². The highest BCUT2D eigenvalue weighted by Gasteiger charge is 2.31.